The molecule has 124 valence electrons. The predicted molar refractivity (Wildman–Crippen MR) is 101 cm³/mol. The van der Waals surface area contributed by atoms with Crippen LogP contribution in [-0.2, 0) is 0 Å². The fraction of sp³-hybridized carbons (Fsp3) is 0.278. The number of benzene rings is 1. The molecule has 0 aliphatic rings. The third-order valence-electron chi connectivity index (χ3n) is 3.85. The highest BCUT2D eigenvalue weighted by Gasteiger charge is 2.13. The van der Waals surface area contributed by atoms with Gasteiger partial charge in [-0.05, 0) is 38.1 Å². The summed E-state index contributed by atoms with van der Waals surface area (Å²) in [5.74, 6) is 0.730. The molecule has 0 bridgehead atoms. The summed E-state index contributed by atoms with van der Waals surface area (Å²) in [5, 5.41) is 4.98. The van der Waals surface area contributed by atoms with Crippen LogP contribution in [0.15, 0.2) is 38.6 Å². The number of halogens is 1. The molecule has 6 heteroatoms. The molecular formula is C18H19BrN4O. The van der Waals surface area contributed by atoms with Crippen molar-refractivity contribution in [3.8, 4) is 0 Å². The van der Waals surface area contributed by atoms with Gasteiger partial charge in [-0.1, -0.05) is 29.8 Å². The Kier molecular flexibility index (Phi) is 4.41. The molecule has 24 heavy (non-hydrogen) atoms. The van der Waals surface area contributed by atoms with Gasteiger partial charge in [-0.15, -0.1) is 0 Å². The number of aromatic nitrogens is 3. The summed E-state index contributed by atoms with van der Waals surface area (Å²) in [6.07, 6.45) is 1.71. The van der Waals surface area contributed by atoms with Crippen LogP contribution in [0.2, 0.25) is 0 Å². The predicted octanol–water partition coefficient (Wildman–Crippen LogP) is 4.11. The molecule has 0 saturated carbocycles. The van der Waals surface area contributed by atoms with E-state index in [1.807, 2.05) is 45.9 Å². The quantitative estimate of drug-likeness (QED) is 0.688. The first-order valence-electron chi connectivity index (χ1n) is 7.79. The van der Waals surface area contributed by atoms with Gasteiger partial charge >= 0.3 is 0 Å². The fourth-order valence-electron chi connectivity index (χ4n) is 2.65. The van der Waals surface area contributed by atoms with Crippen molar-refractivity contribution < 1.29 is 0 Å². The van der Waals surface area contributed by atoms with Gasteiger partial charge in [0.05, 0.1) is 17.1 Å². The molecule has 0 spiro atoms. The van der Waals surface area contributed by atoms with Crippen molar-refractivity contribution in [1.82, 2.24) is 14.6 Å². The molecule has 2 aromatic heterocycles. The van der Waals surface area contributed by atoms with Crippen LogP contribution >= 0.6 is 15.9 Å². The van der Waals surface area contributed by atoms with Gasteiger partial charge in [0.25, 0.3) is 5.56 Å². The van der Waals surface area contributed by atoms with Gasteiger partial charge in [-0.25, -0.2) is 4.98 Å². The van der Waals surface area contributed by atoms with Crippen molar-refractivity contribution in [2.45, 2.75) is 33.6 Å². The van der Waals surface area contributed by atoms with Crippen molar-refractivity contribution in [2.75, 3.05) is 0 Å². The lowest BCUT2D eigenvalue weighted by Gasteiger charge is -2.11. The lowest BCUT2D eigenvalue weighted by molar-refractivity contribution is 0.665. The summed E-state index contributed by atoms with van der Waals surface area (Å²) in [5.41, 5.74) is 3.57. The average molecular weight is 387 g/mol. The number of nitrogens with zero attached hydrogens (tertiary/aromatic N) is 3. The van der Waals surface area contributed by atoms with Gasteiger partial charge < -0.3 is 4.98 Å². The molecular weight excluding hydrogens is 368 g/mol. The van der Waals surface area contributed by atoms with Gasteiger partial charge in [0.1, 0.15) is 5.82 Å². The summed E-state index contributed by atoms with van der Waals surface area (Å²) < 4.78 is 2.25. The van der Waals surface area contributed by atoms with E-state index in [2.05, 4.69) is 31.0 Å². The van der Waals surface area contributed by atoms with Crippen LogP contribution < -0.4 is 5.56 Å². The SMILES string of the molecule is Cc1cc(C=Nn2c(C(C)C)nc3ccc(Br)cc3c2=O)c(C)[nH]1. The van der Waals surface area contributed by atoms with E-state index in [4.69, 9.17) is 0 Å². The largest absolute Gasteiger partial charge is 0.362 e. The highest BCUT2D eigenvalue weighted by atomic mass is 79.9. The first-order chi connectivity index (χ1) is 11.4. The maximum absolute atomic E-state index is 12.9. The Bertz CT molecular complexity index is 998. The normalized spacial score (nSPS) is 11.9. The van der Waals surface area contributed by atoms with Gasteiger partial charge in [-0.2, -0.15) is 9.78 Å². The molecule has 0 unspecified atom stereocenters. The summed E-state index contributed by atoms with van der Waals surface area (Å²) in [4.78, 5) is 20.8. The molecule has 0 fully saturated rings. The Morgan fingerprint density at radius 1 is 1.29 bits per heavy atom. The third-order valence-corrected chi connectivity index (χ3v) is 4.35. The van der Waals surface area contributed by atoms with Crippen molar-refractivity contribution >= 4 is 33.0 Å². The van der Waals surface area contributed by atoms with Crippen molar-refractivity contribution in [3.63, 3.8) is 0 Å². The Hall–Kier alpha value is -2.21. The molecule has 0 amide bonds. The summed E-state index contributed by atoms with van der Waals surface area (Å²) >= 11 is 3.41. The van der Waals surface area contributed by atoms with Crippen LogP contribution in [0.25, 0.3) is 10.9 Å². The molecule has 1 aromatic carbocycles. The molecule has 3 rings (SSSR count). The molecule has 2 heterocycles. The van der Waals surface area contributed by atoms with Gasteiger partial charge in [0.15, 0.2) is 0 Å². The molecule has 1 N–H and O–H groups in total. The zero-order chi connectivity index (χ0) is 17.4. The van der Waals surface area contributed by atoms with Gasteiger partial charge in [-0.3, -0.25) is 4.79 Å². The van der Waals surface area contributed by atoms with Crippen molar-refractivity contribution in [2.24, 2.45) is 5.10 Å². The highest BCUT2D eigenvalue weighted by molar-refractivity contribution is 9.10. The number of aromatic amines is 1. The smallest absolute Gasteiger partial charge is 0.282 e. The second kappa shape index (κ2) is 6.36. The van der Waals surface area contributed by atoms with E-state index >= 15 is 0 Å². The number of H-pyrrole nitrogens is 1. The molecule has 0 aliphatic heterocycles. The van der Waals surface area contributed by atoms with E-state index in [0.717, 1.165) is 21.4 Å². The van der Waals surface area contributed by atoms with Crippen molar-refractivity contribution in [3.05, 3.63) is 61.9 Å². The molecule has 3 aromatic rings. The van der Waals surface area contributed by atoms with E-state index in [9.17, 15) is 4.79 Å². The molecule has 0 radical (unpaired) electrons. The van der Waals surface area contributed by atoms with Gasteiger partial charge in [0, 0.05) is 27.3 Å². The van der Waals surface area contributed by atoms with E-state index in [1.54, 1.807) is 12.3 Å². The number of hydrogen-bond acceptors (Lipinski definition) is 3. The average Bonchev–Trinajstić information content (AvgIpc) is 2.84. The Labute approximate surface area is 148 Å². The third kappa shape index (κ3) is 3.06. The summed E-state index contributed by atoms with van der Waals surface area (Å²) in [6.45, 7) is 7.98. The molecule has 0 aliphatic carbocycles. The minimum atomic E-state index is -0.161. The Balaban J connectivity index is 2.21. The second-order valence-corrected chi connectivity index (χ2v) is 7.10. The number of aryl methyl sites for hydroxylation is 2. The Morgan fingerprint density at radius 3 is 2.67 bits per heavy atom. The number of nitrogens with one attached hydrogen (secondary N) is 1. The zero-order valence-corrected chi connectivity index (χ0v) is 15.7. The highest BCUT2D eigenvalue weighted by Crippen LogP contribution is 2.19. The zero-order valence-electron chi connectivity index (χ0n) is 14.1. The van der Waals surface area contributed by atoms with E-state index in [1.165, 1.54) is 4.68 Å². The van der Waals surface area contributed by atoms with Crippen LogP contribution in [0.4, 0.5) is 0 Å². The van der Waals surface area contributed by atoms with Crippen LogP contribution in [0.3, 0.4) is 0 Å². The second-order valence-electron chi connectivity index (χ2n) is 6.18. The maximum atomic E-state index is 12.9. The van der Waals surface area contributed by atoms with Crippen LogP contribution in [0.5, 0.6) is 0 Å². The number of hydrogen-bond donors (Lipinski definition) is 1. The number of fused-ring (bicyclic) bond motifs is 1. The first-order valence-corrected chi connectivity index (χ1v) is 8.59. The topological polar surface area (TPSA) is 63.0 Å². The fourth-order valence-corrected chi connectivity index (χ4v) is 3.01. The molecule has 0 atom stereocenters. The van der Waals surface area contributed by atoms with Crippen LogP contribution in [-0.4, -0.2) is 20.9 Å². The Morgan fingerprint density at radius 2 is 2.04 bits per heavy atom. The summed E-state index contributed by atoms with van der Waals surface area (Å²) in [7, 11) is 0. The van der Waals surface area contributed by atoms with Crippen LogP contribution in [0, 0.1) is 13.8 Å². The van der Waals surface area contributed by atoms with Crippen molar-refractivity contribution in [1.29, 1.82) is 0 Å². The van der Waals surface area contributed by atoms with E-state index in [-0.39, 0.29) is 11.5 Å². The maximum Gasteiger partial charge on any atom is 0.282 e. The lowest BCUT2D eigenvalue weighted by Crippen LogP contribution is -2.23. The van der Waals surface area contributed by atoms with E-state index in [0.29, 0.717) is 16.7 Å². The summed E-state index contributed by atoms with van der Waals surface area (Å²) in [6, 6.07) is 7.52. The molecule has 5 nitrogen and oxygen atoms in total. The minimum Gasteiger partial charge on any atom is -0.362 e. The lowest BCUT2D eigenvalue weighted by atomic mass is 10.2. The van der Waals surface area contributed by atoms with Gasteiger partial charge in [0.2, 0.25) is 0 Å². The number of rotatable bonds is 3. The minimum absolute atomic E-state index is 0.0805. The van der Waals surface area contributed by atoms with E-state index < -0.39 is 0 Å². The molecule has 0 saturated heterocycles. The standard InChI is InChI=1S/C18H19BrN4O/c1-10(2)17-22-16-6-5-14(19)8-15(16)18(24)23(17)20-9-13-7-11(3)21-12(13)4/h5-10,21H,1-4H3. The monoisotopic (exact) mass is 386 g/mol. The van der Waals surface area contributed by atoms with Crippen LogP contribution in [0.1, 0.15) is 42.5 Å². The first kappa shape index (κ1) is 16.6.